The Balaban J connectivity index is 1.48. The van der Waals surface area contributed by atoms with E-state index in [0.29, 0.717) is 41.2 Å². The number of fused-ring (bicyclic) bond motifs is 4. The SMILES string of the molecule is CS(=O)(=O)/C(F)=C\[C@H](C[C@H]1CCNC1=O)NC(=O)[C@@H]1[C@H]2CC[C@H](CC2(F)F)N1C(=O)c1cc2cccc(Cl)c2[nH]1. The number of alkyl halides is 2. The molecule has 0 radical (unpaired) electrons. The fraction of sp³-hybridized carbons (Fsp3) is 0.500. The number of aromatic nitrogens is 1. The van der Waals surface area contributed by atoms with Crippen molar-refractivity contribution in [2.75, 3.05) is 12.8 Å². The molecule has 1 saturated carbocycles. The molecule has 14 heteroatoms. The van der Waals surface area contributed by atoms with Gasteiger partial charge in [-0.2, -0.15) is 4.39 Å². The number of para-hydroxylation sites is 1. The van der Waals surface area contributed by atoms with Crippen molar-refractivity contribution in [1.29, 1.82) is 0 Å². The first kappa shape index (κ1) is 28.5. The van der Waals surface area contributed by atoms with Crippen LogP contribution in [-0.4, -0.2) is 72.9 Å². The Morgan fingerprint density at radius 3 is 2.65 bits per heavy atom. The highest BCUT2D eigenvalue weighted by Gasteiger charge is 2.60. The molecule has 0 unspecified atom stereocenters. The highest BCUT2D eigenvalue weighted by atomic mass is 35.5. The highest BCUT2D eigenvalue weighted by Crippen LogP contribution is 2.49. The first-order chi connectivity index (χ1) is 18.8. The van der Waals surface area contributed by atoms with Crippen molar-refractivity contribution in [2.24, 2.45) is 11.8 Å². The van der Waals surface area contributed by atoms with Crippen molar-refractivity contribution in [2.45, 2.75) is 56.2 Å². The number of nitrogens with zero attached hydrogens (tertiary/aromatic N) is 1. The van der Waals surface area contributed by atoms with E-state index in [4.69, 9.17) is 11.6 Å². The number of piperidine rings is 2. The van der Waals surface area contributed by atoms with E-state index >= 15 is 8.78 Å². The van der Waals surface area contributed by atoms with Crippen molar-refractivity contribution in [1.82, 2.24) is 20.5 Å². The van der Waals surface area contributed by atoms with Gasteiger partial charge in [-0.05, 0) is 43.9 Å². The van der Waals surface area contributed by atoms with Crippen LogP contribution in [0.4, 0.5) is 13.2 Å². The van der Waals surface area contributed by atoms with Gasteiger partial charge in [-0.25, -0.2) is 17.2 Å². The van der Waals surface area contributed by atoms with Crippen LogP contribution in [-0.2, 0) is 19.4 Å². The Morgan fingerprint density at radius 2 is 2.02 bits per heavy atom. The maximum Gasteiger partial charge on any atom is 0.271 e. The number of carbonyl (C=O) groups is 3. The van der Waals surface area contributed by atoms with Crippen LogP contribution in [0.1, 0.15) is 42.6 Å². The molecule has 3 saturated heterocycles. The summed E-state index contributed by atoms with van der Waals surface area (Å²) >= 11 is 6.22. The van der Waals surface area contributed by atoms with Gasteiger partial charge < -0.3 is 20.5 Å². The number of carbonyl (C=O) groups excluding carboxylic acids is 3. The summed E-state index contributed by atoms with van der Waals surface area (Å²) in [6, 6.07) is 2.74. The molecule has 1 aromatic carbocycles. The number of nitrogens with one attached hydrogen (secondary N) is 3. The van der Waals surface area contributed by atoms with E-state index in [0.717, 1.165) is 4.90 Å². The van der Waals surface area contributed by atoms with Crippen molar-refractivity contribution < 1.29 is 36.0 Å². The Bertz CT molecular complexity index is 1510. The summed E-state index contributed by atoms with van der Waals surface area (Å²) in [5.74, 6) is -7.37. The lowest BCUT2D eigenvalue weighted by Gasteiger charge is -2.53. The Hall–Kier alpha value is -3.06. The second-order valence-electron chi connectivity index (χ2n) is 10.7. The topological polar surface area (TPSA) is 128 Å². The minimum atomic E-state index is -4.27. The third-order valence-electron chi connectivity index (χ3n) is 7.99. The quantitative estimate of drug-likeness (QED) is 0.449. The minimum absolute atomic E-state index is 0.0126. The monoisotopic (exact) mass is 600 g/mol. The van der Waals surface area contributed by atoms with Crippen LogP contribution >= 0.6 is 11.6 Å². The van der Waals surface area contributed by atoms with Crippen LogP contribution in [0.25, 0.3) is 10.9 Å². The molecule has 2 bridgehead atoms. The van der Waals surface area contributed by atoms with Crippen LogP contribution in [0.15, 0.2) is 35.5 Å². The minimum Gasteiger partial charge on any atom is -0.356 e. The predicted octanol–water partition coefficient (Wildman–Crippen LogP) is 3.32. The number of aromatic amines is 1. The fourth-order valence-corrected chi connectivity index (χ4v) is 6.71. The van der Waals surface area contributed by atoms with Crippen molar-refractivity contribution in [3.8, 4) is 0 Å². The molecule has 6 rings (SSSR count). The molecule has 0 spiro atoms. The molecule has 4 aliphatic rings. The first-order valence-electron chi connectivity index (χ1n) is 12.9. The normalized spacial score (nSPS) is 27.1. The smallest absolute Gasteiger partial charge is 0.271 e. The van der Waals surface area contributed by atoms with Crippen LogP contribution in [0, 0.1) is 11.8 Å². The summed E-state index contributed by atoms with van der Waals surface area (Å²) in [6.07, 6.45) is 1.19. The van der Waals surface area contributed by atoms with Crippen LogP contribution in [0.2, 0.25) is 5.02 Å². The maximum absolute atomic E-state index is 15.1. The standard InChI is InChI=1S/C26H28ClF3N4O5S/c1-40(38,39)20(28)11-15(9-14-7-8-31-23(14)35)32-24(36)22-17-6-5-16(12-26(17,29)30)34(22)25(37)19-10-13-3-2-4-18(27)21(13)33-19/h2-4,10-11,14-17,22,33H,5-9,12H2,1H3,(H,31,35)(H,32,36)/b20-11-/t14-,15+,16-,17-,22+/m1/s1. The number of hydrogen-bond donors (Lipinski definition) is 3. The summed E-state index contributed by atoms with van der Waals surface area (Å²) in [7, 11) is -4.27. The lowest BCUT2D eigenvalue weighted by atomic mass is 9.71. The summed E-state index contributed by atoms with van der Waals surface area (Å²) < 4.78 is 68.2. The third-order valence-corrected chi connectivity index (χ3v) is 9.15. The van der Waals surface area contributed by atoms with Crippen LogP contribution < -0.4 is 10.6 Å². The average molecular weight is 601 g/mol. The van der Waals surface area contributed by atoms with E-state index in [1.165, 1.54) is 6.07 Å². The Kier molecular flexibility index (Phi) is 7.40. The number of benzene rings is 1. The van der Waals surface area contributed by atoms with Gasteiger partial charge in [-0.1, -0.05) is 23.7 Å². The zero-order chi connectivity index (χ0) is 29.0. The van der Waals surface area contributed by atoms with E-state index in [-0.39, 0.29) is 30.9 Å². The summed E-state index contributed by atoms with van der Waals surface area (Å²) in [4.78, 5) is 43.6. The van der Waals surface area contributed by atoms with Gasteiger partial charge in [-0.3, -0.25) is 14.4 Å². The molecule has 3 amide bonds. The lowest BCUT2D eigenvalue weighted by Crippen LogP contribution is -2.68. The Morgan fingerprint density at radius 1 is 1.27 bits per heavy atom. The summed E-state index contributed by atoms with van der Waals surface area (Å²) in [5.41, 5.74) is 0.552. The molecular formula is C26H28ClF3N4O5S. The molecule has 3 aliphatic heterocycles. The van der Waals surface area contributed by atoms with Gasteiger partial charge in [0.2, 0.25) is 26.8 Å². The van der Waals surface area contributed by atoms with Gasteiger partial charge >= 0.3 is 0 Å². The highest BCUT2D eigenvalue weighted by molar-refractivity contribution is 7.94. The molecule has 2 aromatic rings. The largest absolute Gasteiger partial charge is 0.356 e. The van der Waals surface area contributed by atoms with Gasteiger partial charge in [0.25, 0.3) is 11.8 Å². The third kappa shape index (κ3) is 5.32. The van der Waals surface area contributed by atoms with E-state index < -0.39 is 69.1 Å². The molecule has 9 nitrogen and oxygen atoms in total. The van der Waals surface area contributed by atoms with Crippen molar-refractivity contribution in [3.05, 3.63) is 46.2 Å². The van der Waals surface area contributed by atoms with Gasteiger partial charge in [0.15, 0.2) is 0 Å². The Labute approximate surface area is 233 Å². The maximum atomic E-state index is 15.1. The van der Waals surface area contributed by atoms with E-state index in [1.54, 1.807) is 18.2 Å². The number of amides is 3. The number of rotatable bonds is 7. The second kappa shape index (κ2) is 10.4. The van der Waals surface area contributed by atoms with Gasteiger partial charge in [0.1, 0.15) is 11.7 Å². The zero-order valence-corrected chi connectivity index (χ0v) is 23.0. The number of sulfone groups is 1. The van der Waals surface area contributed by atoms with E-state index in [2.05, 4.69) is 15.6 Å². The van der Waals surface area contributed by atoms with Gasteiger partial charge in [0, 0.05) is 36.6 Å². The van der Waals surface area contributed by atoms with Crippen LogP contribution in [0.5, 0.6) is 0 Å². The van der Waals surface area contributed by atoms with Crippen molar-refractivity contribution in [3.63, 3.8) is 0 Å². The zero-order valence-electron chi connectivity index (χ0n) is 21.4. The van der Waals surface area contributed by atoms with Crippen LogP contribution in [0.3, 0.4) is 0 Å². The average Bonchev–Trinajstić information content (AvgIpc) is 3.49. The molecule has 216 valence electrons. The molecule has 1 aromatic heterocycles. The van der Waals surface area contributed by atoms with Crippen molar-refractivity contribution >= 4 is 50.1 Å². The molecule has 3 N–H and O–H groups in total. The predicted molar refractivity (Wildman–Crippen MR) is 141 cm³/mol. The fourth-order valence-electron chi connectivity index (χ4n) is 6.07. The molecule has 5 atom stereocenters. The lowest BCUT2D eigenvalue weighted by molar-refractivity contribution is -0.179. The second-order valence-corrected chi connectivity index (χ2v) is 13.1. The van der Waals surface area contributed by atoms with Gasteiger partial charge in [0.05, 0.1) is 22.5 Å². The summed E-state index contributed by atoms with van der Waals surface area (Å²) in [5, 5.41) is 4.55. The first-order valence-corrected chi connectivity index (χ1v) is 15.2. The summed E-state index contributed by atoms with van der Waals surface area (Å²) in [6.45, 7) is 0.359. The number of hydrogen-bond acceptors (Lipinski definition) is 5. The van der Waals surface area contributed by atoms with E-state index in [1.807, 2.05) is 0 Å². The van der Waals surface area contributed by atoms with Gasteiger partial charge in [-0.15, -0.1) is 0 Å². The van der Waals surface area contributed by atoms with E-state index in [9.17, 15) is 27.2 Å². The molecule has 40 heavy (non-hydrogen) atoms. The molecule has 4 heterocycles. The molecular weight excluding hydrogens is 573 g/mol. The molecule has 1 aliphatic carbocycles. The molecule has 4 fully saturated rings. The number of halogens is 4. The number of H-pyrrole nitrogens is 1.